The maximum Gasteiger partial charge on any atom is 0.125 e. The van der Waals surface area contributed by atoms with E-state index in [0.29, 0.717) is 18.5 Å². The van der Waals surface area contributed by atoms with E-state index in [0.717, 1.165) is 36.7 Å². The zero-order valence-electron chi connectivity index (χ0n) is 10.8. The van der Waals surface area contributed by atoms with E-state index < -0.39 is 11.7 Å². The second-order valence-electron chi connectivity index (χ2n) is 5.17. The van der Waals surface area contributed by atoms with Crippen LogP contribution in [0.1, 0.15) is 57.2 Å². The van der Waals surface area contributed by atoms with Crippen LogP contribution in [0.25, 0.3) is 0 Å². The predicted octanol–water partition coefficient (Wildman–Crippen LogP) is 2.78. The standard InChI is InChI=1S/C13H21BrN2O2/c1-2-8-16-11(10(14)9-15-16)12(17)13(18)6-4-3-5-7-13/h9,12,17-18H,2-8H2,1H3. The molecule has 102 valence electrons. The van der Waals surface area contributed by atoms with Crippen molar-refractivity contribution >= 4 is 15.9 Å². The highest BCUT2D eigenvalue weighted by molar-refractivity contribution is 9.10. The van der Waals surface area contributed by atoms with Gasteiger partial charge in [0.15, 0.2) is 0 Å². The molecule has 2 N–H and O–H groups in total. The molecule has 0 saturated heterocycles. The smallest absolute Gasteiger partial charge is 0.125 e. The summed E-state index contributed by atoms with van der Waals surface area (Å²) in [6.07, 6.45) is 6.22. The molecule has 18 heavy (non-hydrogen) atoms. The minimum Gasteiger partial charge on any atom is -0.387 e. The third kappa shape index (κ3) is 2.63. The number of nitrogens with zero attached hydrogens (tertiary/aromatic N) is 2. The van der Waals surface area contributed by atoms with E-state index in [4.69, 9.17) is 0 Å². The van der Waals surface area contributed by atoms with Gasteiger partial charge in [-0.1, -0.05) is 26.2 Å². The van der Waals surface area contributed by atoms with Crippen LogP contribution in [0.2, 0.25) is 0 Å². The fraction of sp³-hybridized carbons (Fsp3) is 0.769. The number of aromatic nitrogens is 2. The van der Waals surface area contributed by atoms with Gasteiger partial charge in [0, 0.05) is 6.54 Å². The van der Waals surface area contributed by atoms with Crippen LogP contribution >= 0.6 is 15.9 Å². The first-order chi connectivity index (χ1) is 8.58. The van der Waals surface area contributed by atoms with Gasteiger partial charge >= 0.3 is 0 Å². The molecule has 1 aromatic heterocycles. The van der Waals surface area contributed by atoms with Crippen LogP contribution in [0.5, 0.6) is 0 Å². The largest absolute Gasteiger partial charge is 0.387 e. The third-order valence-electron chi connectivity index (χ3n) is 3.76. The van der Waals surface area contributed by atoms with E-state index in [-0.39, 0.29) is 0 Å². The number of aliphatic hydroxyl groups is 2. The van der Waals surface area contributed by atoms with Crippen molar-refractivity contribution in [3.8, 4) is 0 Å². The molecule has 1 atom stereocenters. The Morgan fingerprint density at radius 2 is 2.11 bits per heavy atom. The summed E-state index contributed by atoms with van der Waals surface area (Å²) < 4.78 is 2.57. The second kappa shape index (κ2) is 5.72. The van der Waals surface area contributed by atoms with Crippen molar-refractivity contribution in [2.75, 3.05) is 0 Å². The Morgan fingerprint density at radius 1 is 1.44 bits per heavy atom. The first-order valence-electron chi connectivity index (χ1n) is 6.70. The van der Waals surface area contributed by atoms with Gasteiger partial charge < -0.3 is 10.2 Å². The first kappa shape index (κ1) is 14.0. The first-order valence-corrected chi connectivity index (χ1v) is 7.49. The van der Waals surface area contributed by atoms with E-state index in [1.807, 2.05) is 0 Å². The third-order valence-corrected chi connectivity index (χ3v) is 4.37. The molecule has 1 unspecified atom stereocenters. The molecule has 0 radical (unpaired) electrons. The Morgan fingerprint density at radius 3 is 2.72 bits per heavy atom. The number of hydrogen-bond acceptors (Lipinski definition) is 3. The van der Waals surface area contributed by atoms with Crippen molar-refractivity contribution in [3.05, 3.63) is 16.4 Å². The molecule has 1 aliphatic carbocycles. The molecule has 1 aromatic rings. The van der Waals surface area contributed by atoms with Gasteiger partial charge in [-0.25, -0.2) is 0 Å². The average molecular weight is 317 g/mol. The summed E-state index contributed by atoms with van der Waals surface area (Å²) in [6.45, 7) is 2.83. The maximum atomic E-state index is 10.6. The lowest BCUT2D eigenvalue weighted by atomic mass is 9.79. The van der Waals surface area contributed by atoms with Crippen LogP contribution in [-0.2, 0) is 6.54 Å². The molecule has 0 bridgehead atoms. The predicted molar refractivity (Wildman–Crippen MR) is 73.2 cm³/mol. The highest BCUT2D eigenvalue weighted by Gasteiger charge is 2.40. The minimum absolute atomic E-state index is 0.665. The molecule has 0 aliphatic heterocycles. The Kier molecular flexibility index (Phi) is 4.45. The van der Waals surface area contributed by atoms with Crippen molar-refractivity contribution in [3.63, 3.8) is 0 Å². The Bertz CT molecular complexity index is 400. The van der Waals surface area contributed by atoms with Gasteiger partial charge in [0.25, 0.3) is 0 Å². The average Bonchev–Trinajstić information content (AvgIpc) is 2.71. The quantitative estimate of drug-likeness (QED) is 0.898. The normalized spacial score (nSPS) is 20.9. The van der Waals surface area contributed by atoms with Crippen molar-refractivity contribution in [2.24, 2.45) is 0 Å². The lowest BCUT2D eigenvalue weighted by Gasteiger charge is -2.36. The van der Waals surface area contributed by atoms with Gasteiger partial charge in [-0.2, -0.15) is 5.10 Å². The van der Waals surface area contributed by atoms with Gasteiger partial charge in [-0.05, 0) is 35.2 Å². The fourth-order valence-corrected chi connectivity index (χ4v) is 3.24. The summed E-state index contributed by atoms with van der Waals surface area (Å²) in [4.78, 5) is 0. The van der Waals surface area contributed by atoms with Crippen LogP contribution in [0, 0.1) is 0 Å². The van der Waals surface area contributed by atoms with Crippen molar-refractivity contribution in [2.45, 2.75) is 63.7 Å². The molecule has 1 saturated carbocycles. The Hall–Kier alpha value is -0.390. The molecule has 1 aliphatic rings. The van der Waals surface area contributed by atoms with E-state index in [1.165, 1.54) is 0 Å². The van der Waals surface area contributed by atoms with Gasteiger partial charge in [0.05, 0.1) is 22.0 Å². The van der Waals surface area contributed by atoms with E-state index in [9.17, 15) is 10.2 Å². The van der Waals surface area contributed by atoms with Crippen LogP contribution in [0.3, 0.4) is 0 Å². The summed E-state index contributed by atoms with van der Waals surface area (Å²) in [5.41, 5.74) is -0.284. The Balaban J connectivity index is 2.26. The Labute approximate surface area is 116 Å². The van der Waals surface area contributed by atoms with Crippen LogP contribution in [0.15, 0.2) is 10.7 Å². The van der Waals surface area contributed by atoms with E-state index in [1.54, 1.807) is 10.9 Å². The second-order valence-corrected chi connectivity index (χ2v) is 6.02. The van der Waals surface area contributed by atoms with E-state index in [2.05, 4.69) is 28.0 Å². The monoisotopic (exact) mass is 316 g/mol. The summed E-state index contributed by atoms with van der Waals surface area (Å²) in [6, 6.07) is 0. The molecular weight excluding hydrogens is 296 g/mol. The lowest BCUT2D eigenvalue weighted by Crippen LogP contribution is -2.39. The molecular formula is C13H21BrN2O2. The summed E-state index contributed by atoms with van der Waals surface area (Å²) in [5.74, 6) is 0. The van der Waals surface area contributed by atoms with Gasteiger partial charge in [-0.15, -0.1) is 0 Å². The van der Waals surface area contributed by atoms with Gasteiger partial charge in [0.2, 0.25) is 0 Å². The molecule has 0 spiro atoms. The maximum absolute atomic E-state index is 10.6. The highest BCUT2D eigenvalue weighted by atomic mass is 79.9. The molecule has 5 heteroatoms. The van der Waals surface area contributed by atoms with Crippen molar-refractivity contribution in [1.29, 1.82) is 0 Å². The molecule has 0 amide bonds. The van der Waals surface area contributed by atoms with Crippen LogP contribution < -0.4 is 0 Å². The van der Waals surface area contributed by atoms with Crippen molar-refractivity contribution < 1.29 is 10.2 Å². The SMILES string of the molecule is CCCn1ncc(Br)c1C(O)C1(O)CCCCC1. The molecule has 1 fully saturated rings. The molecule has 4 nitrogen and oxygen atoms in total. The minimum atomic E-state index is -0.994. The molecule has 0 aromatic carbocycles. The van der Waals surface area contributed by atoms with Crippen molar-refractivity contribution in [1.82, 2.24) is 9.78 Å². The number of aryl methyl sites for hydroxylation is 1. The number of aliphatic hydroxyl groups excluding tert-OH is 1. The van der Waals surface area contributed by atoms with Gasteiger partial charge in [0.1, 0.15) is 6.10 Å². The van der Waals surface area contributed by atoms with Crippen LogP contribution in [0.4, 0.5) is 0 Å². The summed E-state index contributed by atoms with van der Waals surface area (Å²) in [5, 5.41) is 25.4. The number of rotatable bonds is 4. The molecule has 2 rings (SSSR count). The fourth-order valence-electron chi connectivity index (χ4n) is 2.73. The van der Waals surface area contributed by atoms with Crippen LogP contribution in [-0.4, -0.2) is 25.6 Å². The number of halogens is 1. The zero-order chi connectivity index (χ0) is 13.2. The summed E-state index contributed by atoms with van der Waals surface area (Å²) in [7, 11) is 0. The number of hydrogen-bond donors (Lipinski definition) is 2. The van der Waals surface area contributed by atoms with E-state index >= 15 is 0 Å². The zero-order valence-corrected chi connectivity index (χ0v) is 12.4. The topological polar surface area (TPSA) is 58.3 Å². The molecule has 1 heterocycles. The highest BCUT2D eigenvalue weighted by Crippen LogP contribution is 2.40. The lowest BCUT2D eigenvalue weighted by molar-refractivity contribution is -0.103. The van der Waals surface area contributed by atoms with Gasteiger partial charge in [-0.3, -0.25) is 4.68 Å². The summed E-state index contributed by atoms with van der Waals surface area (Å²) >= 11 is 3.42.